The number of sulfonamides is 1. The minimum Gasteiger partial charge on any atom is -0.264 e. The first kappa shape index (κ1) is 13.0. The molecule has 2 rings (SSSR count). The molecule has 0 saturated heterocycles. The number of anilines is 1. The Morgan fingerprint density at radius 1 is 1.44 bits per heavy atom. The summed E-state index contributed by atoms with van der Waals surface area (Å²) in [4.78, 5) is 9.19. The van der Waals surface area contributed by atoms with Crippen LogP contribution in [0.4, 0.5) is 5.13 Å². The molecule has 2 heterocycles. The number of nitrogens with one attached hydrogen (secondary N) is 1. The van der Waals surface area contributed by atoms with E-state index in [1.54, 1.807) is 19.3 Å². The maximum Gasteiger partial charge on any atom is 0.234 e. The van der Waals surface area contributed by atoms with Crippen LogP contribution in [0.25, 0.3) is 10.4 Å². The lowest BCUT2D eigenvalue weighted by molar-refractivity contribution is 0.602. The van der Waals surface area contributed by atoms with Crippen molar-refractivity contribution in [1.29, 1.82) is 0 Å². The van der Waals surface area contributed by atoms with Crippen LogP contribution in [0.3, 0.4) is 0 Å². The maximum atomic E-state index is 11.5. The van der Waals surface area contributed by atoms with Crippen LogP contribution in [0.15, 0.2) is 24.5 Å². The zero-order valence-electron chi connectivity index (χ0n) is 10.0. The largest absolute Gasteiger partial charge is 0.264 e. The average molecular weight is 283 g/mol. The fraction of sp³-hybridized carbons (Fsp3) is 0.273. The summed E-state index contributed by atoms with van der Waals surface area (Å²) in [6.07, 6.45) is 3.43. The van der Waals surface area contributed by atoms with Gasteiger partial charge in [-0.15, -0.1) is 0 Å². The number of pyridine rings is 1. The molecule has 0 aromatic carbocycles. The second-order valence-electron chi connectivity index (χ2n) is 3.68. The van der Waals surface area contributed by atoms with E-state index in [2.05, 4.69) is 14.7 Å². The highest BCUT2D eigenvalue weighted by Crippen LogP contribution is 2.32. The van der Waals surface area contributed by atoms with Crippen molar-refractivity contribution in [2.75, 3.05) is 10.5 Å². The number of hydrogen-bond donors (Lipinski definition) is 1. The molecular weight excluding hydrogens is 270 g/mol. The van der Waals surface area contributed by atoms with E-state index in [0.29, 0.717) is 5.13 Å². The summed E-state index contributed by atoms with van der Waals surface area (Å²) in [7, 11) is -3.28. The molecule has 0 fully saturated rings. The second-order valence-corrected chi connectivity index (χ2v) is 6.69. The van der Waals surface area contributed by atoms with E-state index in [9.17, 15) is 8.42 Å². The first-order chi connectivity index (χ1) is 8.52. The quantitative estimate of drug-likeness (QED) is 0.934. The van der Waals surface area contributed by atoms with Crippen LogP contribution in [-0.4, -0.2) is 24.1 Å². The van der Waals surface area contributed by atoms with Crippen LogP contribution in [-0.2, 0) is 10.0 Å². The van der Waals surface area contributed by atoms with E-state index in [-0.39, 0.29) is 5.75 Å². The van der Waals surface area contributed by atoms with Crippen molar-refractivity contribution in [1.82, 2.24) is 9.97 Å². The molecule has 7 heteroatoms. The summed E-state index contributed by atoms with van der Waals surface area (Å²) in [5.41, 5.74) is 1.73. The molecule has 18 heavy (non-hydrogen) atoms. The van der Waals surface area contributed by atoms with Crippen LogP contribution in [0.1, 0.15) is 12.6 Å². The van der Waals surface area contributed by atoms with Gasteiger partial charge in [-0.1, -0.05) is 17.4 Å². The number of rotatable bonds is 4. The van der Waals surface area contributed by atoms with E-state index in [1.165, 1.54) is 11.3 Å². The summed E-state index contributed by atoms with van der Waals surface area (Å²) in [5.74, 6) is 0.0356. The number of aryl methyl sites for hydroxylation is 1. The fourth-order valence-corrected chi connectivity index (χ4v) is 3.22. The van der Waals surface area contributed by atoms with Crippen molar-refractivity contribution in [2.45, 2.75) is 13.8 Å². The highest BCUT2D eigenvalue weighted by Gasteiger charge is 2.14. The van der Waals surface area contributed by atoms with Gasteiger partial charge in [-0.3, -0.25) is 9.71 Å². The van der Waals surface area contributed by atoms with Gasteiger partial charge in [0.05, 0.1) is 16.3 Å². The Morgan fingerprint density at radius 3 is 2.83 bits per heavy atom. The number of nitrogens with zero attached hydrogens (tertiary/aromatic N) is 2. The van der Waals surface area contributed by atoms with E-state index in [1.807, 2.05) is 19.1 Å². The van der Waals surface area contributed by atoms with Crippen molar-refractivity contribution in [3.05, 3.63) is 30.2 Å². The van der Waals surface area contributed by atoms with Gasteiger partial charge in [-0.05, 0) is 19.9 Å². The number of aromatic nitrogens is 2. The van der Waals surface area contributed by atoms with Crippen LogP contribution in [0.2, 0.25) is 0 Å². The van der Waals surface area contributed by atoms with Gasteiger partial charge in [0, 0.05) is 18.0 Å². The summed E-state index contributed by atoms with van der Waals surface area (Å²) >= 11 is 1.31. The summed E-state index contributed by atoms with van der Waals surface area (Å²) in [6, 6.07) is 3.76. The molecule has 0 unspecified atom stereocenters. The lowest BCUT2D eigenvalue weighted by Gasteiger charge is -2.00. The Kier molecular flexibility index (Phi) is 3.63. The lowest BCUT2D eigenvalue weighted by Crippen LogP contribution is -2.14. The Balaban J connectivity index is 2.34. The summed E-state index contributed by atoms with van der Waals surface area (Å²) < 4.78 is 25.4. The SMILES string of the molecule is CCS(=O)(=O)Nc1nc(C)c(-c2cccnc2)s1. The molecule has 96 valence electrons. The highest BCUT2D eigenvalue weighted by molar-refractivity contribution is 7.92. The molecule has 2 aromatic rings. The van der Waals surface area contributed by atoms with E-state index in [4.69, 9.17) is 0 Å². The maximum absolute atomic E-state index is 11.5. The minimum atomic E-state index is -3.28. The van der Waals surface area contributed by atoms with Gasteiger partial charge >= 0.3 is 0 Å². The van der Waals surface area contributed by atoms with Crippen molar-refractivity contribution in [3.8, 4) is 10.4 Å². The average Bonchev–Trinajstić information content (AvgIpc) is 2.70. The molecule has 1 N–H and O–H groups in total. The zero-order valence-corrected chi connectivity index (χ0v) is 11.7. The topological polar surface area (TPSA) is 72.0 Å². The Labute approximate surface area is 110 Å². The van der Waals surface area contributed by atoms with Crippen molar-refractivity contribution >= 4 is 26.5 Å². The van der Waals surface area contributed by atoms with E-state index in [0.717, 1.165) is 16.1 Å². The fourth-order valence-electron chi connectivity index (χ4n) is 1.41. The molecule has 0 aliphatic heterocycles. The Hall–Kier alpha value is -1.47. The highest BCUT2D eigenvalue weighted by atomic mass is 32.2. The van der Waals surface area contributed by atoms with Gasteiger partial charge in [0.25, 0.3) is 0 Å². The summed E-state index contributed by atoms with van der Waals surface area (Å²) in [6.45, 7) is 3.44. The predicted octanol–water partition coefficient (Wildman–Crippen LogP) is 2.28. The number of hydrogen-bond acceptors (Lipinski definition) is 5. The lowest BCUT2D eigenvalue weighted by atomic mass is 10.2. The molecule has 0 bridgehead atoms. The van der Waals surface area contributed by atoms with Crippen molar-refractivity contribution in [3.63, 3.8) is 0 Å². The van der Waals surface area contributed by atoms with E-state index >= 15 is 0 Å². The zero-order chi connectivity index (χ0) is 13.2. The Morgan fingerprint density at radius 2 is 2.22 bits per heavy atom. The third kappa shape index (κ3) is 2.85. The van der Waals surface area contributed by atoms with Crippen LogP contribution < -0.4 is 4.72 Å². The van der Waals surface area contributed by atoms with Crippen LogP contribution in [0, 0.1) is 6.92 Å². The van der Waals surface area contributed by atoms with E-state index < -0.39 is 10.0 Å². The summed E-state index contributed by atoms with van der Waals surface area (Å²) in [5, 5.41) is 0.396. The third-order valence-corrected chi connectivity index (χ3v) is 4.86. The molecule has 0 radical (unpaired) electrons. The predicted molar refractivity (Wildman–Crippen MR) is 73.2 cm³/mol. The molecule has 0 aliphatic carbocycles. The third-order valence-electron chi connectivity index (χ3n) is 2.34. The van der Waals surface area contributed by atoms with Gasteiger partial charge in [0.15, 0.2) is 5.13 Å². The molecule has 0 amide bonds. The van der Waals surface area contributed by atoms with Crippen molar-refractivity contribution in [2.24, 2.45) is 0 Å². The molecular formula is C11H13N3O2S2. The first-order valence-corrected chi connectivity index (χ1v) is 7.87. The smallest absolute Gasteiger partial charge is 0.234 e. The second kappa shape index (κ2) is 5.03. The van der Waals surface area contributed by atoms with Crippen molar-refractivity contribution < 1.29 is 8.42 Å². The molecule has 0 aliphatic rings. The molecule has 0 spiro atoms. The van der Waals surface area contributed by atoms with Gasteiger partial charge < -0.3 is 0 Å². The normalized spacial score (nSPS) is 11.4. The van der Waals surface area contributed by atoms with Crippen LogP contribution >= 0.6 is 11.3 Å². The number of thiazole rings is 1. The monoisotopic (exact) mass is 283 g/mol. The Bertz CT molecular complexity index is 636. The molecule has 2 aromatic heterocycles. The molecule has 5 nitrogen and oxygen atoms in total. The van der Waals surface area contributed by atoms with Gasteiger partial charge in [0.2, 0.25) is 10.0 Å². The van der Waals surface area contributed by atoms with Gasteiger partial charge in [0.1, 0.15) is 0 Å². The standard InChI is InChI=1S/C11H13N3O2S2/c1-3-18(15,16)14-11-13-8(2)10(17-11)9-5-4-6-12-7-9/h4-7H,3H2,1-2H3,(H,13,14). The first-order valence-electron chi connectivity index (χ1n) is 5.40. The molecule has 0 saturated carbocycles. The molecule has 0 atom stereocenters. The minimum absolute atomic E-state index is 0.0356. The van der Waals surface area contributed by atoms with Gasteiger partial charge in [-0.25, -0.2) is 13.4 Å². The van der Waals surface area contributed by atoms with Gasteiger partial charge in [-0.2, -0.15) is 0 Å². The van der Waals surface area contributed by atoms with Crippen LogP contribution in [0.5, 0.6) is 0 Å².